The highest BCUT2D eigenvalue weighted by atomic mass is 35.5. The Kier molecular flexibility index (Phi) is 6.97. The van der Waals surface area contributed by atoms with E-state index in [2.05, 4.69) is 17.0 Å². The quantitative estimate of drug-likeness (QED) is 0.592. The number of likely N-dealkylation sites (tertiary alicyclic amines) is 1. The zero-order valence-corrected chi connectivity index (χ0v) is 17.7. The van der Waals surface area contributed by atoms with Gasteiger partial charge in [-0.1, -0.05) is 35.4 Å². The molecule has 0 unspecified atom stereocenters. The van der Waals surface area contributed by atoms with E-state index in [4.69, 9.17) is 26.0 Å². The Bertz CT molecular complexity index is 1000. The van der Waals surface area contributed by atoms with Crippen molar-refractivity contribution in [3.05, 3.63) is 64.2 Å². The number of β-amino-alcohol motifs (C(OH)–C–C–N with tert-alkyl or cyclic N) is 1. The molecule has 0 saturated carbocycles. The summed E-state index contributed by atoms with van der Waals surface area (Å²) in [4.78, 5) is 2.31. The van der Waals surface area contributed by atoms with Crippen molar-refractivity contribution in [1.29, 1.82) is 0 Å². The normalized spacial score (nSPS) is 16.3. The molecule has 8 heteroatoms. The van der Waals surface area contributed by atoms with Gasteiger partial charge >= 0.3 is 0 Å². The topological polar surface area (TPSA) is 87.1 Å². The first-order chi connectivity index (χ1) is 13.8. The highest BCUT2D eigenvalue weighted by Crippen LogP contribution is 2.47. The molecule has 0 aliphatic carbocycles. The molecular weight excluding hydrogens is 414 g/mol. The van der Waals surface area contributed by atoms with Crippen molar-refractivity contribution < 1.29 is 22.8 Å². The molecule has 6 nitrogen and oxygen atoms in total. The van der Waals surface area contributed by atoms with Gasteiger partial charge in [0.05, 0.1) is 12.9 Å². The Morgan fingerprint density at radius 3 is 2.34 bits per heavy atom. The number of benzene rings is 2. The summed E-state index contributed by atoms with van der Waals surface area (Å²) in [7, 11) is -3.67. The van der Waals surface area contributed by atoms with Crippen molar-refractivity contribution in [1.82, 2.24) is 4.90 Å². The molecule has 4 rings (SSSR count). The second kappa shape index (κ2) is 9.28. The summed E-state index contributed by atoms with van der Waals surface area (Å²) in [5, 5.41) is 9.87. The first-order valence-corrected chi connectivity index (χ1v) is 11.5. The summed E-state index contributed by atoms with van der Waals surface area (Å²) in [5.41, 5.74) is 4.96. The van der Waals surface area contributed by atoms with Crippen LogP contribution < -0.4 is 4.74 Å². The van der Waals surface area contributed by atoms with Gasteiger partial charge in [0.25, 0.3) is 10.1 Å². The lowest BCUT2D eigenvalue weighted by molar-refractivity contribution is 0.187. The molecule has 2 N–H and O–H groups in total. The van der Waals surface area contributed by atoms with Crippen molar-refractivity contribution >= 4 is 27.3 Å². The molecule has 2 aromatic rings. The molecule has 1 fully saturated rings. The fraction of sp³-hybridized carbons (Fsp3) is 0.333. The van der Waals surface area contributed by atoms with E-state index in [-0.39, 0.29) is 6.61 Å². The number of ether oxygens (including phenoxy) is 1. The molecule has 2 heterocycles. The van der Waals surface area contributed by atoms with Crippen LogP contribution in [0.4, 0.5) is 0 Å². The van der Waals surface area contributed by atoms with Crippen LogP contribution in [-0.2, 0) is 10.1 Å². The Morgan fingerprint density at radius 2 is 1.69 bits per heavy atom. The molecule has 156 valence electrons. The van der Waals surface area contributed by atoms with Gasteiger partial charge in [0.1, 0.15) is 11.5 Å². The van der Waals surface area contributed by atoms with Gasteiger partial charge < -0.3 is 14.7 Å². The van der Waals surface area contributed by atoms with Gasteiger partial charge in [0.15, 0.2) is 0 Å². The Balaban J connectivity index is 0.000000431. The van der Waals surface area contributed by atoms with Gasteiger partial charge in [-0.3, -0.25) is 4.55 Å². The molecule has 1 saturated heterocycles. The number of fused-ring (bicyclic) bond motifs is 2. The lowest BCUT2D eigenvalue weighted by Crippen LogP contribution is -2.33. The third-order valence-electron chi connectivity index (χ3n) is 4.82. The number of hydrogen-bond donors (Lipinski definition) is 2. The Labute approximate surface area is 176 Å². The molecular formula is C21H24ClNO5S. The van der Waals surface area contributed by atoms with E-state index in [0.29, 0.717) is 6.26 Å². The van der Waals surface area contributed by atoms with Crippen LogP contribution in [0, 0.1) is 0 Å². The minimum atomic E-state index is -3.67. The van der Waals surface area contributed by atoms with Crippen LogP contribution in [0.25, 0.3) is 5.57 Å². The predicted octanol–water partition coefficient (Wildman–Crippen LogP) is 3.84. The summed E-state index contributed by atoms with van der Waals surface area (Å²) in [6, 6.07) is 14.0. The smallest absolute Gasteiger partial charge is 0.261 e. The molecule has 29 heavy (non-hydrogen) atoms. The van der Waals surface area contributed by atoms with Crippen LogP contribution in [-0.4, -0.2) is 55.5 Å². The number of para-hydroxylation sites is 1. The van der Waals surface area contributed by atoms with Gasteiger partial charge in [-0.15, -0.1) is 0 Å². The van der Waals surface area contributed by atoms with E-state index in [0.717, 1.165) is 60.1 Å². The van der Waals surface area contributed by atoms with E-state index < -0.39 is 10.1 Å². The van der Waals surface area contributed by atoms with Gasteiger partial charge in [0.2, 0.25) is 0 Å². The van der Waals surface area contributed by atoms with Crippen molar-refractivity contribution in [3.63, 3.8) is 0 Å². The molecule has 0 radical (unpaired) electrons. The number of halogens is 1. The van der Waals surface area contributed by atoms with E-state index in [1.807, 2.05) is 30.3 Å². The molecule has 0 atom stereocenters. The maximum Gasteiger partial charge on any atom is 0.261 e. The molecule has 2 aromatic carbocycles. The van der Waals surface area contributed by atoms with Crippen molar-refractivity contribution in [2.24, 2.45) is 0 Å². The highest BCUT2D eigenvalue weighted by Gasteiger charge is 2.26. The Morgan fingerprint density at radius 1 is 1.07 bits per heavy atom. The molecule has 0 spiro atoms. The van der Waals surface area contributed by atoms with E-state index in [1.165, 1.54) is 11.1 Å². The summed E-state index contributed by atoms with van der Waals surface area (Å²) in [6.07, 6.45) is 2.73. The number of rotatable bonds is 2. The second-order valence-corrected chi connectivity index (χ2v) is 8.92. The maximum absolute atomic E-state index is 9.19. The third-order valence-corrected chi connectivity index (χ3v) is 5.05. The van der Waals surface area contributed by atoms with E-state index in [1.54, 1.807) is 0 Å². The van der Waals surface area contributed by atoms with Crippen LogP contribution in [0.2, 0.25) is 5.02 Å². The maximum atomic E-state index is 9.19. The number of nitrogens with zero attached hydrogens (tertiary/aromatic N) is 1. The zero-order valence-electron chi connectivity index (χ0n) is 16.1. The van der Waals surface area contributed by atoms with Crippen molar-refractivity contribution in [3.8, 4) is 11.5 Å². The van der Waals surface area contributed by atoms with E-state index in [9.17, 15) is 8.42 Å². The fourth-order valence-electron chi connectivity index (χ4n) is 3.63. The first kappa shape index (κ1) is 21.8. The van der Waals surface area contributed by atoms with Crippen molar-refractivity contribution in [2.45, 2.75) is 12.8 Å². The van der Waals surface area contributed by atoms with Gasteiger partial charge in [-0.25, -0.2) is 0 Å². The lowest BCUT2D eigenvalue weighted by Gasteiger charge is -2.31. The number of hydrogen-bond acceptors (Lipinski definition) is 5. The standard InChI is InChI=1S/C20H20ClNO2.CH4O3S/c21-15-5-6-19-17(13-15)20(16-3-1-2-4-18(16)24-19)14-7-9-22(10-8-14)11-12-23;1-5(2,3)4/h1-6,13,23H,7-12H2;1H3,(H,2,3,4). The average molecular weight is 438 g/mol. The van der Waals surface area contributed by atoms with E-state index >= 15 is 0 Å². The van der Waals surface area contributed by atoms with Crippen LogP contribution in [0.15, 0.2) is 48.0 Å². The number of piperidine rings is 1. The lowest BCUT2D eigenvalue weighted by atomic mass is 9.86. The Hall–Kier alpha value is -1.90. The van der Waals surface area contributed by atoms with Crippen LogP contribution in [0.3, 0.4) is 0 Å². The third kappa shape index (κ3) is 5.81. The minimum absolute atomic E-state index is 0.223. The summed E-state index contributed by atoms with van der Waals surface area (Å²) in [6.45, 7) is 2.95. The van der Waals surface area contributed by atoms with Gasteiger partial charge in [0, 0.05) is 35.8 Å². The van der Waals surface area contributed by atoms with Crippen LogP contribution >= 0.6 is 11.6 Å². The minimum Gasteiger partial charge on any atom is -0.456 e. The van der Waals surface area contributed by atoms with Gasteiger partial charge in [-0.2, -0.15) is 8.42 Å². The monoisotopic (exact) mass is 437 g/mol. The SMILES string of the molecule is CS(=O)(=O)O.OCCN1CCC(=C2c3ccccc3Oc3ccc(Cl)cc32)CC1. The molecule has 2 aliphatic rings. The van der Waals surface area contributed by atoms with Crippen LogP contribution in [0.5, 0.6) is 11.5 Å². The number of aliphatic hydroxyl groups excluding tert-OH is 1. The average Bonchev–Trinajstić information content (AvgIpc) is 2.66. The number of aliphatic hydroxyl groups is 1. The van der Waals surface area contributed by atoms with Crippen LogP contribution in [0.1, 0.15) is 24.0 Å². The summed E-state index contributed by atoms with van der Waals surface area (Å²) in [5.74, 6) is 1.78. The molecule has 0 amide bonds. The van der Waals surface area contributed by atoms with Crippen molar-refractivity contribution in [2.75, 3.05) is 32.5 Å². The molecule has 0 bridgehead atoms. The zero-order chi connectivity index (χ0) is 21.0. The van der Waals surface area contributed by atoms with Gasteiger partial charge in [-0.05, 0) is 42.7 Å². The first-order valence-electron chi connectivity index (χ1n) is 9.31. The highest BCUT2D eigenvalue weighted by molar-refractivity contribution is 7.85. The largest absolute Gasteiger partial charge is 0.456 e. The predicted molar refractivity (Wildman–Crippen MR) is 114 cm³/mol. The second-order valence-electron chi connectivity index (χ2n) is 7.02. The summed E-state index contributed by atoms with van der Waals surface area (Å²) >= 11 is 6.26. The summed E-state index contributed by atoms with van der Waals surface area (Å²) < 4.78 is 31.9. The fourth-order valence-corrected chi connectivity index (χ4v) is 3.80. The molecule has 0 aromatic heterocycles. The molecule has 2 aliphatic heterocycles.